The molecule has 0 radical (unpaired) electrons. The molecular weight excluding hydrogens is 286 g/mol. The SMILES string of the molecule is Cc1cn(CCCNC(=N)Nc2cccc3ccccc23)cn1. The van der Waals surface area contributed by atoms with Crippen molar-refractivity contribution in [1.29, 1.82) is 5.41 Å². The maximum Gasteiger partial charge on any atom is 0.192 e. The number of imidazole rings is 1. The lowest BCUT2D eigenvalue weighted by atomic mass is 10.1. The second-order valence-electron chi connectivity index (χ2n) is 5.56. The fourth-order valence-electron chi connectivity index (χ4n) is 2.58. The zero-order valence-electron chi connectivity index (χ0n) is 13.2. The van der Waals surface area contributed by atoms with Crippen LogP contribution in [0.1, 0.15) is 12.1 Å². The first-order chi connectivity index (χ1) is 11.2. The summed E-state index contributed by atoms with van der Waals surface area (Å²) in [6.07, 6.45) is 4.81. The first kappa shape index (κ1) is 15.1. The molecule has 118 valence electrons. The van der Waals surface area contributed by atoms with E-state index in [0.29, 0.717) is 5.96 Å². The van der Waals surface area contributed by atoms with Crippen LogP contribution in [-0.4, -0.2) is 22.1 Å². The Bertz CT molecular complexity index is 801. The Kier molecular flexibility index (Phi) is 4.57. The minimum absolute atomic E-state index is 0.322. The maximum absolute atomic E-state index is 8.05. The molecule has 23 heavy (non-hydrogen) atoms. The molecule has 5 nitrogen and oxygen atoms in total. The summed E-state index contributed by atoms with van der Waals surface area (Å²) in [6, 6.07) is 14.2. The van der Waals surface area contributed by atoms with Gasteiger partial charge in [-0.15, -0.1) is 0 Å². The molecule has 3 rings (SSSR count). The zero-order valence-corrected chi connectivity index (χ0v) is 13.2. The van der Waals surface area contributed by atoms with E-state index in [1.807, 2.05) is 43.7 Å². The maximum atomic E-state index is 8.05. The Morgan fingerprint density at radius 1 is 1.17 bits per heavy atom. The Balaban J connectivity index is 1.51. The van der Waals surface area contributed by atoms with Crippen molar-refractivity contribution in [2.75, 3.05) is 11.9 Å². The lowest BCUT2D eigenvalue weighted by Crippen LogP contribution is -2.30. The standard InChI is InChI=1S/C18H21N5/c1-14-12-23(13-21-14)11-5-10-20-18(19)22-17-9-4-7-15-6-2-3-8-16(15)17/h2-4,6-9,12-13H,5,10-11H2,1H3,(H3,19,20,22). The molecule has 0 fully saturated rings. The van der Waals surface area contributed by atoms with Crippen LogP contribution in [0, 0.1) is 12.3 Å². The van der Waals surface area contributed by atoms with Gasteiger partial charge in [0, 0.05) is 30.4 Å². The van der Waals surface area contributed by atoms with Crippen LogP contribution in [-0.2, 0) is 6.54 Å². The summed E-state index contributed by atoms with van der Waals surface area (Å²) >= 11 is 0. The largest absolute Gasteiger partial charge is 0.356 e. The summed E-state index contributed by atoms with van der Waals surface area (Å²) in [6.45, 7) is 3.63. The van der Waals surface area contributed by atoms with Crippen molar-refractivity contribution in [1.82, 2.24) is 14.9 Å². The van der Waals surface area contributed by atoms with Gasteiger partial charge in [-0.2, -0.15) is 0 Å². The molecule has 0 saturated carbocycles. The van der Waals surface area contributed by atoms with Gasteiger partial charge in [-0.25, -0.2) is 4.98 Å². The van der Waals surface area contributed by atoms with E-state index in [4.69, 9.17) is 5.41 Å². The Morgan fingerprint density at radius 3 is 2.83 bits per heavy atom. The molecule has 0 bridgehead atoms. The fourth-order valence-corrected chi connectivity index (χ4v) is 2.58. The van der Waals surface area contributed by atoms with Gasteiger partial charge in [0.2, 0.25) is 0 Å². The highest BCUT2D eigenvalue weighted by Crippen LogP contribution is 2.22. The molecule has 3 N–H and O–H groups in total. The molecule has 0 spiro atoms. The molecule has 0 aliphatic carbocycles. The molecule has 0 aliphatic rings. The Labute approximate surface area is 135 Å². The fraction of sp³-hybridized carbons (Fsp3) is 0.222. The van der Waals surface area contributed by atoms with Gasteiger partial charge >= 0.3 is 0 Å². The number of guanidine groups is 1. The monoisotopic (exact) mass is 307 g/mol. The number of benzene rings is 2. The smallest absolute Gasteiger partial charge is 0.192 e. The van der Waals surface area contributed by atoms with Gasteiger partial charge in [0.05, 0.1) is 12.0 Å². The molecular formula is C18H21N5. The number of nitrogens with zero attached hydrogens (tertiary/aromatic N) is 2. The third-order valence-electron chi connectivity index (χ3n) is 3.71. The molecule has 1 aromatic heterocycles. The van der Waals surface area contributed by atoms with Gasteiger partial charge in [-0.1, -0.05) is 36.4 Å². The summed E-state index contributed by atoms with van der Waals surface area (Å²) in [5.41, 5.74) is 1.98. The molecule has 2 aromatic carbocycles. The summed E-state index contributed by atoms with van der Waals surface area (Å²) in [7, 11) is 0. The molecule has 0 aliphatic heterocycles. The lowest BCUT2D eigenvalue weighted by molar-refractivity contribution is 0.629. The van der Waals surface area contributed by atoms with Crippen LogP contribution in [0.25, 0.3) is 10.8 Å². The van der Waals surface area contributed by atoms with Crippen molar-refractivity contribution < 1.29 is 0 Å². The molecule has 0 unspecified atom stereocenters. The van der Waals surface area contributed by atoms with Crippen molar-refractivity contribution in [2.45, 2.75) is 19.9 Å². The van der Waals surface area contributed by atoms with Crippen LogP contribution in [0.4, 0.5) is 5.69 Å². The third-order valence-corrected chi connectivity index (χ3v) is 3.71. The minimum atomic E-state index is 0.322. The van der Waals surface area contributed by atoms with E-state index in [2.05, 4.69) is 38.4 Å². The average Bonchev–Trinajstić information content (AvgIpc) is 2.97. The van der Waals surface area contributed by atoms with Crippen LogP contribution in [0.3, 0.4) is 0 Å². The quantitative estimate of drug-likeness (QED) is 0.385. The molecule has 1 heterocycles. The second kappa shape index (κ2) is 6.96. The summed E-state index contributed by atoms with van der Waals surface area (Å²) in [5.74, 6) is 0.322. The molecule has 0 atom stereocenters. The van der Waals surface area contributed by atoms with E-state index in [1.165, 1.54) is 5.39 Å². The van der Waals surface area contributed by atoms with Crippen LogP contribution >= 0.6 is 0 Å². The van der Waals surface area contributed by atoms with Gasteiger partial charge in [-0.3, -0.25) is 5.41 Å². The van der Waals surface area contributed by atoms with E-state index < -0.39 is 0 Å². The van der Waals surface area contributed by atoms with Crippen molar-refractivity contribution in [2.24, 2.45) is 0 Å². The minimum Gasteiger partial charge on any atom is -0.356 e. The van der Waals surface area contributed by atoms with Gasteiger partial charge < -0.3 is 15.2 Å². The average molecular weight is 307 g/mol. The van der Waals surface area contributed by atoms with Crippen LogP contribution in [0.5, 0.6) is 0 Å². The second-order valence-corrected chi connectivity index (χ2v) is 5.56. The number of anilines is 1. The number of nitrogens with one attached hydrogen (secondary N) is 3. The van der Waals surface area contributed by atoms with E-state index in [0.717, 1.165) is 36.3 Å². The number of hydrogen-bond acceptors (Lipinski definition) is 2. The van der Waals surface area contributed by atoms with Crippen molar-refractivity contribution in [3.63, 3.8) is 0 Å². The van der Waals surface area contributed by atoms with Crippen molar-refractivity contribution >= 4 is 22.4 Å². The molecule has 3 aromatic rings. The topological polar surface area (TPSA) is 65.7 Å². The summed E-state index contributed by atoms with van der Waals surface area (Å²) in [5, 5.41) is 16.6. The van der Waals surface area contributed by atoms with Crippen LogP contribution in [0.15, 0.2) is 55.0 Å². The van der Waals surface area contributed by atoms with Gasteiger partial charge in [0.25, 0.3) is 0 Å². The van der Waals surface area contributed by atoms with Crippen LogP contribution < -0.4 is 10.6 Å². The highest BCUT2D eigenvalue weighted by Gasteiger charge is 2.02. The first-order valence-corrected chi connectivity index (χ1v) is 7.78. The first-order valence-electron chi connectivity index (χ1n) is 7.78. The van der Waals surface area contributed by atoms with Crippen molar-refractivity contribution in [3.05, 3.63) is 60.7 Å². The zero-order chi connectivity index (χ0) is 16.1. The highest BCUT2D eigenvalue weighted by atomic mass is 15.1. The summed E-state index contributed by atoms with van der Waals surface area (Å²) < 4.78 is 2.07. The number of rotatable bonds is 5. The van der Waals surface area contributed by atoms with Gasteiger partial charge in [-0.05, 0) is 24.8 Å². The van der Waals surface area contributed by atoms with Crippen LogP contribution in [0.2, 0.25) is 0 Å². The predicted molar refractivity (Wildman–Crippen MR) is 94.9 cm³/mol. The number of fused-ring (bicyclic) bond motifs is 1. The Hall–Kier alpha value is -2.82. The van der Waals surface area contributed by atoms with Gasteiger partial charge in [0.15, 0.2) is 5.96 Å². The predicted octanol–water partition coefficient (Wildman–Crippen LogP) is 3.37. The van der Waals surface area contributed by atoms with E-state index in [9.17, 15) is 0 Å². The molecule has 0 saturated heterocycles. The number of aryl methyl sites for hydroxylation is 2. The molecule has 0 amide bonds. The highest BCUT2D eigenvalue weighted by molar-refractivity contribution is 6.02. The normalized spacial score (nSPS) is 10.7. The van der Waals surface area contributed by atoms with Crippen molar-refractivity contribution in [3.8, 4) is 0 Å². The Morgan fingerprint density at radius 2 is 2.00 bits per heavy atom. The third kappa shape index (κ3) is 3.88. The molecule has 5 heteroatoms. The number of aromatic nitrogens is 2. The number of hydrogen-bond donors (Lipinski definition) is 3. The van der Waals surface area contributed by atoms with Gasteiger partial charge in [0.1, 0.15) is 0 Å². The summed E-state index contributed by atoms with van der Waals surface area (Å²) in [4.78, 5) is 4.20. The lowest BCUT2D eigenvalue weighted by Gasteiger charge is -2.12. The van der Waals surface area contributed by atoms with E-state index in [1.54, 1.807) is 0 Å². The van der Waals surface area contributed by atoms with E-state index >= 15 is 0 Å². The van der Waals surface area contributed by atoms with E-state index in [-0.39, 0.29) is 0 Å².